The minimum atomic E-state index is -3.28. The molecule has 0 spiro atoms. The van der Waals surface area contributed by atoms with Gasteiger partial charge in [0.25, 0.3) is 0 Å². The van der Waals surface area contributed by atoms with Gasteiger partial charge in [-0.25, -0.2) is 8.42 Å². The van der Waals surface area contributed by atoms with E-state index in [1.807, 2.05) is 13.0 Å². The van der Waals surface area contributed by atoms with Crippen LogP contribution in [0.15, 0.2) is 18.2 Å². The molecule has 0 radical (unpaired) electrons. The predicted octanol–water partition coefficient (Wildman–Crippen LogP) is 1.24. The van der Waals surface area contributed by atoms with E-state index in [-0.39, 0.29) is 11.9 Å². The Kier molecular flexibility index (Phi) is 3.60. The third-order valence-corrected chi connectivity index (χ3v) is 4.55. The number of nitrogens with one attached hydrogen (secondary N) is 1. The summed E-state index contributed by atoms with van der Waals surface area (Å²) in [4.78, 5) is 0. The number of hydrogen-bond acceptors (Lipinski definition) is 3. The van der Waals surface area contributed by atoms with Gasteiger partial charge in [0.05, 0.1) is 10.9 Å². The van der Waals surface area contributed by atoms with E-state index in [0.29, 0.717) is 11.3 Å². The molecule has 1 aliphatic rings. The van der Waals surface area contributed by atoms with E-state index in [2.05, 4.69) is 16.6 Å². The zero-order valence-corrected chi connectivity index (χ0v) is 10.9. The van der Waals surface area contributed by atoms with Crippen LogP contribution >= 0.6 is 0 Å². The van der Waals surface area contributed by atoms with Gasteiger partial charge in [-0.1, -0.05) is 17.9 Å². The highest BCUT2D eigenvalue weighted by atomic mass is 32.2. The van der Waals surface area contributed by atoms with E-state index in [9.17, 15) is 8.42 Å². The highest BCUT2D eigenvalue weighted by Gasteiger charge is 2.35. The summed E-state index contributed by atoms with van der Waals surface area (Å²) in [7, 11) is -3.28. The molecule has 0 unspecified atom stereocenters. The first-order chi connectivity index (χ1) is 8.53. The van der Waals surface area contributed by atoms with Crippen LogP contribution < -0.4 is 4.72 Å². The number of aliphatic hydroxyl groups excluding tert-OH is 1. The number of aryl methyl sites for hydroxylation is 1. The Labute approximate surface area is 107 Å². The fraction of sp³-hybridized carbons (Fsp3) is 0.385. The number of anilines is 1. The largest absolute Gasteiger partial charge is 0.384 e. The fourth-order valence-corrected chi connectivity index (χ4v) is 3.01. The maximum absolute atomic E-state index is 11.9. The molecular formula is C13H15NO3S. The number of aliphatic hydroxyl groups is 1. The minimum absolute atomic E-state index is 0.247. The molecule has 1 saturated carbocycles. The van der Waals surface area contributed by atoms with Crippen LogP contribution in [0.5, 0.6) is 0 Å². The van der Waals surface area contributed by atoms with Crippen molar-refractivity contribution < 1.29 is 13.5 Å². The lowest BCUT2D eigenvalue weighted by Crippen LogP contribution is -2.18. The second-order valence-electron chi connectivity index (χ2n) is 4.36. The topological polar surface area (TPSA) is 66.4 Å². The fourth-order valence-electron chi connectivity index (χ4n) is 1.60. The zero-order valence-electron chi connectivity index (χ0n) is 10.1. The number of rotatable bonds is 3. The summed E-state index contributed by atoms with van der Waals surface area (Å²) < 4.78 is 26.3. The van der Waals surface area contributed by atoms with Crippen LogP contribution in [0.4, 0.5) is 5.69 Å². The first kappa shape index (κ1) is 12.9. The maximum atomic E-state index is 11.9. The van der Waals surface area contributed by atoms with Gasteiger partial charge in [-0.05, 0) is 37.5 Å². The van der Waals surface area contributed by atoms with E-state index in [1.165, 1.54) is 0 Å². The molecule has 18 heavy (non-hydrogen) atoms. The van der Waals surface area contributed by atoms with Gasteiger partial charge in [0.2, 0.25) is 10.0 Å². The second-order valence-corrected chi connectivity index (χ2v) is 6.32. The number of benzene rings is 1. The van der Waals surface area contributed by atoms with Crippen molar-refractivity contribution in [3.05, 3.63) is 29.3 Å². The Morgan fingerprint density at radius 1 is 1.44 bits per heavy atom. The normalized spacial score (nSPS) is 14.8. The molecule has 0 saturated heterocycles. The average molecular weight is 265 g/mol. The molecule has 0 amide bonds. The molecular weight excluding hydrogens is 250 g/mol. The van der Waals surface area contributed by atoms with Crippen molar-refractivity contribution >= 4 is 15.7 Å². The Hall–Kier alpha value is -1.51. The maximum Gasteiger partial charge on any atom is 0.235 e. The summed E-state index contributed by atoms with van der Waals surface area (Å²) in [5.41, 5.74) is 2.06. The molecule has 2 N–H and O–H groups in total. The van der Waals surface area contributed by atoms with E-state index >= 15 is 0 Å². The number of sulfonamides is 1. The summed E-state index contributed by atoms with van der Waals surface area (Å²) in [6.07, 6.45) is 1.44. The van der Waals surface area contributed by atoms with Crippen molar-refractivity contribution in [2.75, 3.05) is 11.3 Å². The molecule has 96 valence electrons. The highest BCUT2D eigenvalue weighted by molar-refractivity contribution is 7.93. The standard InChI is InChI=1S/C13H15NO3S/c1-10-4-7-13(11(9-10)3-2-8-15)14-18(16,17)12-5-6-12/h4,7,9,12,14-15H,5-6,8H2,1H3. The molecule has 1 aliphatic carbocycles. The summed E-state index contributed by atoms with van der Waals surface area (Å²) in [6, 6.07) is 5.33. The van der Waals surface area contributed by atoms with Gasteiger partial charge < -0.3 is 5.11 Å². The van der Waals surface area contributed by atoms with Crippen LogP contribution in [-0.4, -0.2) is 25.4 Å². The molecule has 1 aromatic rings. The van der Waals surface area contributed by atoms with Crippen LogP contribution in [0.25, 0.3) is 0 Å². The van der Waals surface area contributed by atoms with Crippen molar-refractivity contribution in [1.82, 2.24) is 0 Å². The lowest BCUT2D eigenvalue weighted by molar-refractivity contribution is 0.350. The molecule has 1 aromatic carbocycles. The highest BCUT2D eigenvalue weighted by Crippen LogP contribution is 2.30. The van der Waals surface area contributed by atoms with Crippen LogP contribution in [0.1, 0.15) is 24.0 Å². The van der Waals surface area contributed by atoms with Crippen molar-refractivity contribution in [2.45, 2.75) is 25.0 Å². The molecule has 0 atom stereocenters. The molecule has 4 nitrogen and oxygen atoms in total. The van der Waals surface area contributed by atoms with Gasteiger partial charge in [-0.3, -0.25) is 4.72 Å². The van der Waals surface area contributed by atoms with Crippen molar-refractivity contribution in [1.29, 1.82) is 0 Å². The summed E-state index contributed by atoms with van der Waals surface area (Å²) >= 11 is 0. The van der Waals surface area contributed by atoms with Crippen molar-refractivity contribution in [2.24, 2.45) is 0 Å². The summed E-state index contributed by atoms with van der Waals surface area (Å²) in [5, 5.41) is 8.44. The van der Waals surface area contributed by atoms with Crippen LogP contribution in [0.3, 0.4) is 0 Å². The monoisotopic (exact) mass is 265 g/mol. The van der Waals surface area contributed by atoms with E-state index in [4.69, 9.17) is 5.11 Å². The van der Waals surface area contributed by atoms with Gasteiger partial charge in [0, 0.05) is 5.56 Å². The Balaban J connectivity index is 2.32. The van der Waals surface area contributed by atoms with Gasteiger partial charge in [-0.15, -0.1) is 0 Å². The quantitative estimate of drug-likeness (QED) is 0.808. The number of hydrogen-bond donors (Lipinski definition) is 2. The van der Waals surface area contributed by atoms with E-state index in [0.717, 1.165) is 18.4 Å². The van der Waals surface area contributed by atoms with Gasteiger partial charge in [0.1, 0.15) is 6.61 Å². The van der Waals surface area contributed by atoms with Gasteiger partial charge in [-0.2, -0.15) is 0 Å². The Morgan fingerprint density at radius 2 is 2.17 bits per heavy atom. The van der Waals surface area contributed by atoms with Crippen LogP contribution in [0.2, 0.25) is 0 Å². The molecule has 0 bridgehead atoms. The second kappa shape index (κ2) is 5.01. The van der Waals surface area contributed by atoms with Crippen LogP contribution in [-0.2, 0) is 10.0 Å². The van der Waals surface area contributed by atoms with E-state index < -0.39 is 10.0 Å². The molecule has 1 fully saturated rings. The zero-order chi connectivity index (χ0) is 13.2. The SMILES string of the molecule is Cc1ccc(NS(=O)(=O)C2CC2)c(C#CCO)c1. The molecule has 5 heteroatoms. The molecule has 0 aliphatic heterocycles. The molecule has 2 rings (SSSR count). The van der Waals surface area contributed by atoms with E-state index in [1.54, 1.807) is 12.1 Å². The van der Waals surface area contributed by atoms with Crippen molar-refractivity contribution in [3.63, 3.8) is 0 Å². The van der Waals surface area contributed by atoms with Gasteiger partial charge in [0.15, 0.2) is 0 Å². The third kappa shape index (κ3) is 3.03. The Morgan fingerprint density at radius 3 is 2.78 bits per heavy atom. The smallest absolute Gasteiger partial charge is 0.235 e. The van der Waals surface area contributed by atoms with Crippen molar-refractivity contribution in [3.8, 4) is 11.8 Å². The van der Waals surface area contributed by atoms with Crippen LogP contribution in [0, 0.1) is 18.8 Å². The first-order valence-corrected chi connectivity index (χ1v) is 7.29. The predicted molar refractivity (Wildman–Crippen MR) is 70.7 cm³/mol. The summed E-state index contributed by atoms with van der Waals surface area (Å²) in [5.74, 6) is 5.29. The molecule has 0 aromatic heterocycles. The first-order valence-electron chi connectivity index (χ1n) is 5.75. The summed E-state index contributed by atoms with van der Waals surface area (Å²) in [6.45, 7) is 1.66. The lowest BCUT2D eigenvalue weighted by Gasteiger charge is -2.09. The minimum Gasteiger partial charge on any atom is -0.384 e. The van der Waals surface area contributed by atoms with Gasteiger partial charge >= 0.3 is 0 Å². The Bertz CT molecular complexity index is 607. The molecule has 0 heterocycles. The average Bonchev–Trinajstić information content (AvgIpc) is 3.13. The lowest BCUT2D eigenvalue weighted by atomic mass is 10.1. The third-order valence-electron chi connectivity index (χ3n) is 2.69.